The van der Waals surface area contributed by atoms with E-state index in [0.717, 1.165) is 11.3 Å². The van der Waals surface area contributed by atoms with E-state index >= 15 is 0 Å². The van der Waals surface area contributed by atoms with Gasteiger partial charge in [0.25, 0.3) is 0 Å². The molecule has 0 unspecified atom stereocenters. The van der Waals surface area contributed by atoms with Crippen molar-refractivity contribution in [1.82, 2.24) is 14.7 Å². The van der Waals surface area contributed by atoms with Crippen LogP contribution in [0.5, 0.6) is 0 Å². The Morgan fingerprint density at radius 2 is 1.61 bits per heavy atom. The topological polar surface area (TPSA) is 79.3 Å². The summed E-state index contributed by atoms with van der Waals surface area (Å²) in [5, 5.41) is 10.3. The molecule has 8 heteroatoms. The van der Waals surface area contributed by atoms with Crippen LogP contribution in [0.4, 0.5) is 20.7 Å². The molecule has 0 spiro atoms. The largest absolute Gasteiger partial charge is 0.322 e. The first-order chi connectivity index (χ1) is 17.4. The summed E-state index contributed by atoms with van der Waals surface area (Å²) in [7, 11) is 0. The van der Waals surface area contributed by atoms with Crippen LogP contribution in [-0.4, -0.2) is 39.7 Å². The highest BCUT2D eigenvalue weighted by Crippen LogP contribution is 2.24. The molecule has 0 aliphatic heterocycles. The van der Waals surface area contributed by atoms with E-state index in [1.54, 1.807) is 16.8 Å². The summed E-state index contributed by atoms with van der Waals surface area (Å²) < 4.78 is 15.2. The summed E-state index contributed by atoms with van der Waals surface area (Å²) in [6, 6.07) is 26.1. The molecule has 184 valence electrons. The molecule has 2 N–H and O–H groups in total. The van der Waals surface area contributed by atoms with Crippen LogP contribution in [0, 0.1) is 11.7 Å². The van der Waals surface area contributed by atoms with Gasteiger partial charge in [0.2, 0.25) is 5.91 Å². The standard InChI is InChI=1S/C28H28FN5O2/c1-20(2)18-33(28(36)30-23-13-9-12-22(29)16-23)19-27(35)31-26-17-25(21-10-5-3-6-11-21)32-34(26)24-14-7-4-8-15-24/h3-17,20H,18-19H2,1-2H3,(H,30,36)(H,31,35). The van der Waals surface area contributed by atoms with E-state index in [2.05, 4.69) is 10.6 Å². The molecule has 0 radical (unpaired) electrons. The first kappa shape index (κ1) is 24.7. The number of carbonyl (C=O) groups excluding carboxylic acids is 2. The summed E-state index contributed by atoms with van der Waals surface area (Å²) in [4.78, 5) is 27.4. The molecule has 0 atom stereocenters. The quantitative estimate of drug-likeness (QED) is 0.331. The molecule has 1 heterocycles. The van der Waals surface area contributed by atoms with E-state index in [0.29, 0.717) is 23.7 Å². The van der Waals surface area contributed by atoms with Gasteiger partial charge in [-0.2, -0.15) is 5.10 Å². The Morgan fingerprint density at radius 1 is 0.917 bits per heavy atom. The molecule has 4 rings (SSSR count). The van der Waals surface area contributed by atoms with Crippen LogP contribution in [-0.2, 0) is 4.79 Å². The lowest BCUT2D eigenvalue weighted by Gasteiger charge is -2.24. The number of halogens is 1. The molecule has 4 aromatic rings. The Balaban J connectivity index is 1.55. The van der Waals surface area contributed by atoms with Gasteiger partial charge < -0.3 is 15.5 Å². The van der Waals surface area contributed by atoms with Gasteiger partial charge >= 0.3 is 6.03 Å². The molecule has 7 nitrogen and oxygen atoms in total. The van der Waals surface area contributed by atoms with Crippen LogP contribution in [0.3, 0.4) is 0 Å². The highest BCUT2D eigenvalue weighted by atomic mass is 19.1. The lowest BCUT2D eigenvalue weighted by atomic mass is 10.1. The summed E-state index contributed by atoms with van der Waals surface area (Å²) >= 11 is 0. The number of benzene rings is 3. The Hall–Kier alpha value is -4.46. The Morgan fingerprint density at radius 3 is 2.28 bits per heavy atom. The molecule has 0 aliphatic carbocycles. The fraction of sp³-hybridized carbons (Fsp3) is 0.179. The van der Waals surface area contributed by atoms with Gasteiger partial charge in [-0.3, -0.25) is 4.79 Å². The van der Waals surface area contributed by atoms with Crippen molar-refractivity contribution in [3.05, 3.63) is 96.8 Å². The highest BCUT2D eigenvalue weighted by molar-refractivity contribution is 5.97. The zero-order chi connectivity index (χ0) is 25.5. The molecule has 3 aromatic carbocycles. The number of rotatable bonds is 8. The fourth-order valence-electron chi connectivity index (χ4n) is 3.77. The molecular weight excluding hydrogens is 457 g/mol. The number of aromatic nitrogens is 2. The SMILES string of the molecule is CC(C)CN(CC(=O)Nc1cc(-c2ccccc2)nn1-c1ccccc1)C(=O)Nc1cccc(F)c1. The van der Waals surface area contributed by atoms with Gasteiger partial charge in [0.05, 0.1) is 11.4 Å². The molecule has 3 amide bonds. The number of amides is 3. The average Bonchev–Trinajstić information content (AvgIpc) is 3.28. The summed E-state index contributed by atoms with van der Waals surface area (Å²) in [6.45, 7) is 4.08. The van der Waals surface area contributed by atoms with Crippen LogP contribution in [0.25, 0.3) is 16.9 Å². The second-order valence-corrected chi connectivity index (χ2v) is 8.79. The summed E-state index contributed by atoms with van der Waals surface area (Å²) in [5.41, 5.74) is 2.73. The summed E-state index contributed by atoms with van der Waals surface area (Å²) in [6.07, 6.45) is 0. The van der Waals surface area contributed by atoms with Gasteiger partial charge in [-0.1, -0.05) is 68.4 Å². The van der Waals surface area contributed by atoms with Gasteiger partial charge in [-0.15, -0.1) is 0 Å². The van der Waals surface area contributed by atoms with Crippen molar-refractivity contribution in [2.45, 2.75) is 13.8 Å². The van der Waals surface area contributed by atoms with Crippen LogP contribution in [0.15, 0.2) is 91.0 Å². The lowest BCUT2D eigenvalue weighted by Crippen LogP contribution is -2.42. The minimum absolute atomic E-state index is 0.121. The first-order valence-corrected chi connectivity index (χ1v) is 11.7. The zero-order valence-electron chi connectivity index (χ0n) is 20.2. The lowest BCUT2D eigenvalue weighted by molar-refractivity contribution is -0.116. The maximum Gasteiger partial charge on any atom is 0.322 e. The van der Waals surface area contributed by atoms with Crippen molar-refractivity contribution in [1.29, 1.82) is 0 Å². The van der Waals surface area contributed by atoms with E-state index in [9.17, 15) is 14.0 Å². The van der Waals surface area contributed by atoms with Gasteiger partial charge in [-0.05, 0) is 36.2 Å². The number of anilines is 2. The van der Waals surface area contributed by atoms with Crippen LogP contribution >= 0.6 is 0 Å². The van der Waals surface area contributed by atoms with E-state index in [1.807, 2.05) is 74.5 Å². The third-order valence-corrected chi connectivity index (χ3v) is 5.33. The number of para-hydroxylation sites is 1. The summed E-state index contributed by atoms with van der Waals surface area (Å²) in [5.74, 6) is -0.221. The molecule has 0 bridgehead atoms. The number of nitrogens with one attached hydrogen (secondary N) is 2. The maximum atomic E-state index is 13.5. The van der Waals surface area contributed by atoms with Crippen molar-refractivity contribution in [2.75, 3.05) is 23.7 Å². The van der Waals surface area contributed by atoms with Gasteiger partial charge in [0, 0.05) is 23.9 Å². The Bertz CT molecular complexity index is 1320. The normalized spacial score (nSPS) is 10.8. The number of hydrogen-bond donors (Lipinski definition) is 2. The second kappa shape index (κ2) is 11.3. The van der Waals surface area contributed by atoms with Crippen molar-refractivity contribution in [3.63, 3.8) is 0 Å². The van der Waals surface area contributed by atoms with E-state index in [-0.39, 0.29) is 18.4 Å². The van der Waals surface area contributed by atoms with Gasteiger partial charge in [0.15, 0.2) is 0 Å². The van der Waals surface area contributed by atoms with Crippen molar-refractivity contribution in [3.8, 4) is 16.9 Å². The highest BCUT2D eigenvalue weighted by Gasteiger charge is 2.21. The Labute approximate surface area is 209 Å². The number of carbonyl (C=O) groups is 2. The monoisotopic (exact) mass is 485 g/mol. The molecule has 1 aromatic heterocycles. The molecule has 0 saturated heterocycles. The molecule has 0 saturated carbocycles. The third-order valence-electron chi connectivity index (χ3n) is 5.33. The predicted molar refractivity (Wildman–Crippen MR) is 139 cm³/mol. The molecule has 36 heavy (non-hydrogen) atoms. The number of nitrogens with zero attached hydrogens (tertiary/aromatic N) is 3. The van der Waals surface area contributed by atoms with Gasteiger partial charge in [0.1, 0.15) is 18.2 Å². The Kier molecular flexibility index (Phi) is 7.75. The van der Waals surface area contributed by atoms with Crippen LogP contribution < -0.4 is 10.6 Å². The third kappa shape index (κ3) is 6.35. The molecule has 0 aliphatic rings. The smallest absolute Gasteiger partial charge is 0.315 e. The molecule has 0 fully saturated rings. The average molecular weight is 486 g/mol. The van der Waals surface area contributed by atoms with E-state index < -0.39 is 11.8 Å². The van der Waals surface area contributed by atoms with Crippen molar-refractivity contribution >= 4 is 23.4 Å². The minimum atomic E-state index is -0.481. The van der Waals surface area contributed by atoms with Crippen molar-refractivity contribution < 1.29 is 14.0 Å². The van der Waals surface area contributed by atoms with E-state index in [4.69, 9.17) is 5.10 Å². The predicted octanol–water partition coefficient (Wildman–Crippen LogP) is 5.81. The van der Waals surface area contributed by atoms with E-state index in [1.165, 1.54) is 23.1 Å². The van der Waals surface area contributed by atoms with Gasteiger partial charge in [-0.25, -0.2) is 13.9 Å². The fourth-order valence-corrected chi connectivity index (χ4v) is 3.77. The van der Waals surface area contributed by atoms with Crippen molar-refractivity contribution in [2.24, 2.45) is 5.92 Å². The zero-order valence-corrected chi connectivity index (χ0v) is 20.2. The maximum absolute atomic E-state index is 13.5. The van der Waals surface area contributed by atoms with Crippen LogP contribution in [0.1, 0.15) is 13.8 Å². The molecular formula is C28H28FN5O2. The second-order valence-electron chi connectivity index (χ2n) is 8.79. The minimum Gasteiger partial charge on any atom is -0.315 e. The number of hydrogen-bond acceptors (Lipinski definition) is 3. The first-order valence-electron chi connectivity index (χ1n) is 11.7. The van der Waals surface area contributed by atoms with Crippen LogP contribution in [0.2, 0.25) is 0 Å². The number of urea groups is 1.